The van der Waals surface area contributed by atoms with Gasteiger partial charge >= 0.3 is 12.0 Å². The number of likely N-dealkylation sites (N-methyl/N-ethyl adjacent to an activating group) is 1. The number of aromatic hydroxyl groups is 1. The Bertz CT molecular complexity index is 1040. The molecule has 0 saturated carbocycles. The predicted molar refractivity (Wildman–Crippen MR) is 109 cm³/mol. The van der Waals surface area contributed by atoms with Crippen molar-refractivity contribution < 1.29 is 24.2 Å². The highest BCUT2D eigenvalue weighted by Gasteiger charge is 2.43. The summed E-state index contributed by atoms with van der Waals surface area (Å²) >= 11 is 0. The Hall–Kier alpha value is -3.81. The largest absolute Gasteiger partial charge is 0.508 e. The van der Waals surface area contributed by atoms with Gasteiger partial charge in [-0.25, -0.2) is 9.59 Å². The van der Waals surface area contributed by atoms with Crippen molar-refractivity contribution >= 4 is 23.6 Å². The van der Waals surface area contributed by atoms with Crippen LogP contribution in [0, 0.1) is 0 Å². The van der Waals surface area contributed by atoms with Crippen molar-refractivity contribution in [3.8, 4) is 5.75 Å². The molecule has 0 bridgehead atoms. The monoisotopic (exact) mass is 407 g/mol. The molecule has 2 aromatic carbocycles. The highest BCUT2D eigenvalue weighted by molar-refractivity contribution is 6.11. The predicted octanol–water partition coefficient (Wildman–Crippen LogP) is 2.57. The fraction of sp³-hybridized carbons (Fsp3) is 0.227. The summed E-state index contributed by atoms with van der Waals surface area (Å²) in [5, 5.41) is 12.4. The third kappa shape index (κ3) is 3.26. The topological polar surface area (TPSA) is 99.2 Å². The van der Waals surface area contributed by atoms with Crippen LogP contribution in [0.4, 0.5) is 10.5 Å². The number of ether oxygens (including phenoxy) is 1. The number of esters is 1. The Labute approximate surface area is 173 Å². The van der Waals surface area contributed by atoms with E-state index >= 15 is 0 Å². The lowest BCUT2D eigenvalue weighted by Gasteiger charge is -2.31. The second kappa shape index (κ2) is 7.55. The van der Waals surface area contributed by atoms with Gasteiger partial charge in [0.2, 0.25) is 0 Å². The first-order valence-corrected chi connectivity index (χ1v) is 9.56. The number of phenols is 1. The zero-order chi connectivity index (χ0) is 21.4. The van der Waals surface area contributed by atoms with Crippen molar-refractivity contribution in [2.75, 3.05) is 25.1 Å². The van der Waals surface area contributed by atoms with Crippen molar-refractivity contribution in [2.45, 2.75) is 13.0 Å². The number of nitrogens with one attached hydrogen (secondary N) is 1. The lowest BCUT2D eigenvalue weighted by Crippen LogP contribution is -2.45. The van der Waals surface area contributed by atoms with E-state index in [1.54, 1.807) is 55.3 Å². The number of carbonyl (C=O) groups is 3. The molecular formula is C22H21N3O5. The lowest BCUT2D eigenvalue weighted by molar-refractivity contribution is -0.114. The van der Waals surface area contributed by atoms with E-state index in [1.807, 2.05) is 0 Å². The summed E-state index contributed by atoms with van der Waals surface area (Å²) in [5.74, 6) is -0.539. The quantitative estimate of drug-likeness (QED) is 0.759. The second-order valence-corrected chi connectivity index (χ2v) is 7.05. The highest BCUT2D eigenvalue weighted by Crippen LogP contribution is 2.37. The van der Waals surface area contributed by atoms with E-state index in [0.717, 1.165) is 0 Å². The minimum Gasteiger partial charge on any atom is -0.508 e. The van der Waals surface area contributed by atoms with E-state index in [-0.39, 0.29) is 30.8 Å². The molecule has 2 aliphatic heterocycles. The average molecular weight is 407 g/mol. The molecule has 2 heterocycles. The molecule has 3 amide bonds. The number of hydrogen-bond donors (Lipinski definition) is 2. The van der Waals surface area contributed by atoms with Gasteiger partial charge in [0.25, 0.3) is 5.91 Å². The fourth-order valence-electron chi connectivity index (χ4n) is 3.68. The van der Waals surface area contributed by atoms with E-state index in [2.05, 4.69) is 5.32 Å². The molecule has 0 aromatic heterocycles. The molecule has 0 radical (unpaired) electrons. The van der Waals surface area contributed by atoms with Gasteiger partial charge in [-0.15, -0.1) is 0 Å². The Balaban J connectivity index is 1.65. The second-order valence-electron chi connectivity index (χ2n) is 7.05. The van der Waals surface area contributed by atoms with Crippen LogP contribution in [0.25, 0.3) is 0 Å². The minimum atomic E-state index is -0.611. The molecule has 8 nitrogen and oxygen atoms in total. The SMILES string of the molecule is CCOC(=O)c1ccc(N2CC3=C(C2=O)C(c2ccc(O)cc2)NC(=O)N3C)cc1. The number of hydrogen-bond acceptors (Lipinski definition) is 5. The number of benzene rings is 2. The molecule has 1 unspecified atom stereocenters. The normalized spacial score (nSPS) is 18.4. The van der Waals surface area contributed by atoms with Crippen LogP contribution in [0.5, 0.6) is 5.75 Å². The highest BCUT2D eigenvalue weighted by atomic mass is 16.5. The van der Waals surface area contributed by atoms with E-state index in [1.165, 1.54) is 17.0 Å². The maximum Gasteiger partial charge on any atom is 0.338 e. The van der Waals surface area contributed by atoms with Crippen molar-refractivity contribution in [2.24, 2.45) is 0 Å². The number of carbonyl (C=O) groups excluding carboxylic acids is 3. The van der Waals surface area contributed by atoms with Gasteiger partial charge in [-0.3, -0.25) is 9.69 Å². The van der Waals surface area contributed by atoms with E-state index in [4.69, 9.17) is 4.74 Å². The van der Waals surface area contributed by atoms with E-state index in [9.17, 15) is 19.5 Å². The Kier molecular flexibility index (Phi) is 4.91. The van der Waals surface area contributed by atoms with Crippen molar-refractivity contribution in [3.05, 3.63) is 70.9 Å². The van der Waals surface area contributed by atoms with Crippen LogP contribution < -0.4 is 10.2 Å². The first-order chi connectivity index (χ1) is 14.4. The van der Waals surface area contributed by atoms with E-state index < -0.39 is 12.0 Å². The summed E-state index contributed by atoms with van der Waals surface area (Å²) in [7, 11) is 1.62. The summed E-state index contributed by atoms with van der Waals surface area (Å²) in [4.78, 5) is 40.7. The molecular weight excluding hydrogens is 386 g/mol. The van der Waals surface area contributed by atoms with Gasteiger partial charge in [0.15, 0.2) is 0 Å². The molecule has 8 heteroatoms. The van der Waals surface area contributed by atoms with Crippen molar-refractivity contribution in [1.82, 2.24) is 10.2 Å². The van der Waals surface area contributed by atoms with Crippen molar-refractivity contribution in [3.63, 3.8) is 0 Å². The lowest BCUT2D eigenvalue weighted by atomic mass is 9.95. The number of phenolic OH excluding ortho intramolecular Hbond substituents is 1. The van der Waals surface area contributed by atoms with Crippen molar-refractivity contribution in [1.29, 1.82) is 0 Å². The molecule has 0 spiro atoms. The molecule has 30 heavy (non-hydrogen) atoms. The smallest absolute Gasteiger partial charge is 0.338 e. The fourth-order valence-corrected chi connectivity index (χ4v) is 3.68. The molecule has 0 fully saturated rings. The van der Waals surface area contributed by atoms with Crippen LogP contribution in [-0.4, -0.2) is 48.1 Å². The van der Waals surface area contributed by atoms with Gasteiger partial charge in [0.05, 0.1) is 36.0 Å². The Morgan fingerprint density at radius 3 is 2.43 bits per heavy atom. The van der Waals surface area contributed by atoms with Crippen LogP contribution in [-0.2, 0) is 9.53 Å². The standard InChI is InChI=1S/C22H21N3O5/c1-3-30-21(28)14-4-8-15(9-5-14)25-12-17-18(20(25)27)19(23-22(29)24(17)2)13-6-10-16(26)11-7-13/h4-11,19,26H,3,12H2,1-2H3,(H,23,29). The third-order valence-corrected chi connectivity index (χ3v) is 5.28. The van der Waals surface area contributed by atoms with Gasteiger partial charge in [-0.1, -0.05) is 12.1 Å². The number of anilines is 1. The summed E-state index contributed by atoms with van der Waals surface area (Å²) in [6, 6.07) is 12.1. The van der Waals surface area contributed by atoms with Gasteiger partial charge in [0.1, 0.15) is 5.75 Å². The molecule has 2 aromatic rings. The number of amides is 3. The minimum absolute atomic E-state index is 0.105. The Morgan fingerprint density at radius 1 is 1.13 bits per heavy atom. The first-order valence-electron chi connectivity index (χ1n) is 9.56. The third-order valence-electron chi connectivity index (χ3n) is 5.28. The van der Waals surface area contributed by atoms with Crippen LogP contribution >= 0.6 is 0 Å². The van der Waals surface area contributed by atoms with Gasteiger partial charge < -0.3 is 20.1 Å². The Morgan fingerprint density at radius 2 is 1.80 bits per heavy atom. The first kappa shape index (κ1) is 19.5. The zero-order valence-electron chi connectivity index (χ0n) is 16.6. The maximum absolute atomic E-state index is 13.3. The summed E-state index contributed by atoms with van der Waals surface area (Å²) < 4.78 is 4.99. The van der Waals surface area contributed by atoms with Crippen LogP contribution in [0.1, 0.15) is 28.9 Å². The van der Waals surface area contributed by atoms with Crippen LogP contribution in [0.15, 0.2) is 59.8 Å². The zero-order valence-corrected chi connectivity index (χ0v) is 16.6. The summed E-state index contributed by atoms with van der Waals surface area (Å²) in [6.45, 7) is 2.26. The molecule has 0 aliphatic carbocycles. The molecule has 154 valence electrons. The van der Waals surface area contributed by atoms with E-state index in [0.29, 0.717) is 28.1 Å². The molecule has 0 saturated heterocycles. The molecule has 2 aliphatic rings. The average Bonchev–Trinajstić information content (AvgIpc) is 3.09. The van der Waals surface area contributed by atoms with Gasteiger partial charge in [-0.05, 0) is 48.9 Å². The molecule has 1 atom stereocenters. The van der Waals surface area contributed by atoms with Gasteiger partial charge in [0, 0.05) is 12.7 Å². The molecule has 2 N–H and O–H groups in total. The number of urea groups is 1. The van der Waals surface area contributed by atoms with Crippen LogP contribution in [0.3, 0.4) is 0 Å². The molecule has 4 rings (SSSR count). The maximum atomic E-state index is 13.3. The number of nitrogens with zero attached hydrogens (tertiary/aromatic N) is 2. The summed E-state index contributed by atoms with van der Waals surface area (Å²) in [6.07, 6.45) is 0. The summed E-state index contributed by atoms with van der Waals surface area (Å²) in [5.41, 5.74) is 2.83. The number of rotatable bonds is 4. The van der Waals surface area contributed by atoms with Gasteiger partial charge in [-0.2, -0.15) is 0 Å². The van der Waals surface area contributed by atoms with Crippen LogP contribution in [0.2, 0.25) is 0 Å².